The van der Waals surface area contributed by atoms with Crippen LogP contribution >= 0.6 is 11.6 Å². The van der Waals surface area contributed by atoms with Gasteiger partial charge < -0.3 is 4.90 Å². The van der Waals surface area contributed by atoms with Crippen molar-refractivity contribution in [3.05, 3.63) is 77.3 Å². The van der Waals surface area contributed by atoms with Gasteiger partial charge in [0.2, 0.25) is 5.95 Å². The fourth-order valence-electron chi connectivity index (χ4n) is 3.44. The minimum Gasteiger partial charge on any atom is -0.310 e. The molecule has 0 spiro atoms. The topological polar surface area (TPSA) is 64.7 Å². The molecule has 0 saturated carbocycles. The van der Waals surface area contributed by atoms with Gasteiger partial charge in [-0.3, -0.25) is 4.57 Å². The molecule has 0 N–H and O–H groups in total. The molecule has 4 aromatic rings. The van der Waals surface area contributed by atoms with Gasteiger partial charge >= 0.3 is 0 Å². The number of nitrogens with zero attached hydrogens (tertiary/aromatic N) is 7. The predicted molar refractivity (Wildman–Crippen MR) is 103 cm³/mol. The van der Waals surface area contributed by atoms with Gasteiger partial charge in [-0.2, -0.15) is 15.0 Å². The first-order valence-electron chi connectivity index (χ1n) is 8.69. The van der Waals surface area contributed by atoms with E-state index in [9.17, 15) is 0 Å². The summed E-state index contributed by atoms with van der Waals surface area (Å²) < 4.78 is 2.04. The molecule has 0 radical (unpaired) electrons. The number of para-hydroxylation sites is 1. The number of hydrogen-bond donors (Lipinski definition) is 0. The zero-order chi connectivity index (χ0) is 18.2. The van der Waals surface area contributed by atoms with E-state index in [1.807, 2.05) is 28.8 Å². The molecule has 0 atom stereocenters. The van der Waals surface area contributed by atoms with Gasteiger partial charge in [0.1, 0.15) is 6.54 Å². The highest BCUT2D eigenvalue weighted by Crippen LogP contribution is 2.35. The smallest absolute Gasteiger partial charge is 0.236 e. The minimum atomic E-state index is 0.429. The highest BCUT2D eigenvalue weighted by molar-refractivity contribution is 6.30. The third-order valence-corrected chi connectivity index (χ3v) is 4.93. The highest BCUT2D eigenvalue weighted by Gasteiger charge is 2.26. The highest BCUT2D eigenvalue weighted by atomic mass is 35.5. The minimum absolute atomic E-state index is 0.429. The first kappa shape index (κ1) is 16.0. The van der Waals surface area contributed by atoms with Crippen molar-refractivity contribution in [3.63, 3.8) is 0 Å². The molecule has 5 rings (SSSR count). The molecule has 0 bridgehead atoms. The predicted octanol–water partition coefficient (Wildman–Crippen LogP) is 3.25. The number of benzene rings is 2. The Kier molecular flexibility index (Phi) is 3.86. The monoisotopic (exact) mass is 377 g/mol. The number of rotatable bonds is 4. The lowest BCUT2D eigenvalue weighted by molar-refractivity contribution is 0.564. The molecule has 134 valence electrons. The summed E-state index contributed by atoms with van der Waals surface area (Å²) in [5, 5.41) is 18.0. The Bertz CT molecular complexity index is 1070. The van der Waals surface area contributed by atoms with Crippen molar-refractivity contribution in [2.45, 2.75) is 13.0 Å². The summed E-state index contributed by atoms with van der Waals surface area (Å²) in [6.07, 6.45) is 4.29. The largest absolute Gasteiger partial charge is 0.310 e. The summed E-state index contributed by atoms with van der Waals surface area (Å²) >= 11 is 6.09. The summed E-state index contributed by atoms with van der Waals surface area (Å²) in [4.78, 5) is 3.80. The van der Waals surface area contributed by atoms with Crippen molar-refractivity contribution in [1.82, 2.24) is 29.8 Å². The second-order valence-corrected chi connectivity index (χ2v) is 6.75. The SMILES string of the molecule is Clc1ccc(-n2c(Cn3nccn3)nnc2N2CCc3ccccc32)cc1. The molecule has 0 aliphatic carbocycles. The van der Waals surface area contributed by atoms with Crippen molar-refractivity contribution in [2.24, 2.45) is 0 Å². The molecule has 7 nitrogen and oxygen atoms in total. The summed E-state index contributed by atoms with van der Waals surface area (Å²) in [6, 6.07) is 16.1. The Morgan fingerprint density at radius 3 is 2.52 bits per heavy atom. The number of fused-ring (bicyclic) bond motifs is 1. The van der Waals surface area contributed by atoms with Crippen LogP contribution in [0.2, 0.25) is 5.02 Å². The molecule has 8 heteroatoms. The molecular formula is C19H16ClN7. The normalized spacial score (nSPS) is 13.1. The molecule has 1 aliphatic heterocycles. The maximum absolute atomic E-state index is 6.09. The van der Waals surface area contributed by atoms with Crippen LogP contribution in [0.5, 0.6) is 0 Å². The van der Waals surface area contributed by atoms with Gasteiger partial charge in [0, 0.05) is 17.3 Å². The average molecular weight is 378 g/mol. The molecule has 0 fully saturated rings. The Morgan fingerprint density at radius 2 is 1.70 bits per heavy atom. The van der Waals surface area contributed by atoms with Crippen LogP contribution in [0.3, 0.4) is 0 Å². The van der Waals surface area contributed by atoms with E-state index in [1.165, 1.54) is 11.3 Å². The van der Waals surface area contributed by atoms with E-state index in [0.29, 0.717) is 11.6 Å². The van der Waals surface area contributed by atoms with E-state index < -0.39 is 0 Å². The summed E-state index contributed by atoms with van der Waals surface area (Å²) in [5.41, 5.74) is 3.44. The number of anilines is 2. The van der Waals surface area contributed by atoms with Gasteiger partial charge in [-0.05, 0) is 42.3 Å². The van der Waals surface area contributed by atoms with Crippen LogP contribution in [0.15, 0.2) is 60.9 Å². The van der Waals surface area contributed by atoms with Crippen LogP contribution in [0.25, 0.3) is 5.69 Å². The molecule has 0 amide bonds. The first-order valence-corrected chi connectivity index (χ1v) is 9.07. The lowest BCUT2D eigenvalue weighted by Gasteiger charge is -2.20. The zero-order valence-corrected chi connectivity index (χ0v) is 15.2. The zero-order valence-electron chi connectivity index (χ0n) is 14.4. The maximum Gasteiger partial charge on any atom is 0.236 e. The second kappa shape index (κ2) is 6.51. The molecule has 0 saturated heterocycles. The Hall–Kier alpha value is -3.19. The van der Waals surface area contributed by atoms with E-state index in [4.69, 9.17) is 11.6 Å². The van der Waals surface area contributed by atoms with Crippen molar-refractivity contribution < 1.29 is 0 Å². The molecule has 2 aromatic carbocycles. The van der Waals surface area contributed by atoms with Crippen molar-refractivity contribution in [1.29, 1.82) is 0 Å². The summed E-state index contributed by atoms with van der Waals surface area (Å²) in [6.45, 7) is 1.29. The average Bonchev–Trinajstić information content (AvgIpc) is 3.42. The van der Waals surface area contributed by atoms with Crippen LogP contribution in [-0.2, 0) is 13.0 Å². The fraction of sp³-hybridized carbons (Fsp3) is 0.158. The quantitative estimate of drug-likeness (QED) is 0.546. The van der Waals surface area contributed by atoms with Crippen LogP contribution in [-0.4, -0.2) is 36.3 Å². The third-order valence-electron chi connectivity index (χ3n) is 4.68. The van der Waals surface area contributed by atoms with E-state index in [-0.39, 0.29) is 0 Å². The van der Waals surface area contributed by atoms with Gasteiger partial charge in [-0.15, -0.1) is 10.2 Å². The van der Waals surface area contributed by atoms with E-state index in [0.717, 1.165) is 30.4 Å². The molecule has 2 aromatic heterocycles. The van der Waals surface area contributed by atoms with E-state index >= 15 is 0 Å². The lowest BCUT2D eigenvalue weighted by atomic mass is 10.2. The lowest BCUT2D eigenvalue weighted by Crippen LogP contribution is -2.19. The third kappa shape index (κ3) is 2.86. The maximum atomic E-state index is 6.09. The first-order chi connectivity index (χ1) is 13.3. The number of hydrogen-bond acceptors (Lipinski definition) is 5. The van der Waals surface area contributed by atoms with Crippen LogP contribution in [0, 0.1) is 0 Å². The number of halogens is 1. The molecule has 0 unspecified atom stereocenters. The van der Waals surface area contributed by atoms with Crippen molar-refractivity contribution in [3.8, 4) is 5.69 Å². The summed E-state index contributed by atoms with van der Waals surface area (Å²) in [7, 11) is 0. The molecule has 1 aliphatic rings. The number of aromatic nitrogens is 6. The van der Waals surface area contributed by atoms with Crippen LogP contribution in [0.4, 0.5) is 11.6 Å². The van der Waals surface area contributed by atoms with Crippen molar-refractivity contribution >= 4 is 23.2 Å². The van der Waals surface area contributed by atoms with Gasteiger partial charge in [0.25, 0.3) is 0 Å². The van der Waals surface area contributed by atoms with E-state index in [2.05, 4.69) is 49.6 Å². The molecule has 3 heterocycles. The second-order valence-electron chi connectivity index (χ2n) is 6.32. The fourth-order valence-corrected chi connectivity index (χ4v) is 3.56. The van der Waals surface area contributed by atoms with Gasteiger partial charge in [0.05, 0.1) is 18.1 Å². The molecule has 27 heavy (non-hydrogen) atoms. The van der Waals surface area contributed by atoms with E-state index in [1.54, 1.807) is 17.2 Å². The van der Waals surface area contributed by atoms with Crippen LogP contribution in [0.1, 0.15) is 11.4 Å². The van der Waals surface area contributed by atoms with Crippen LogP contribution < -0.4 is 4.90 Å². The Morgan fingerprint density at radius 1 is 0.926 bits per heavy atom. The Balaban J connectivity index is 1.63. The summed E-state index contributed by atoms with van der Waals surface area (Å²) in [5.74, 6) is 1.54. The van der Waals surface area contributed by atoms with Gasteiger partial charge in [-0.25, -0.2) is 0 Å². The standard InChI is InChI=1S/C19H16ClN7/c20-15-5-7-16(8-6-15)27-18(13-26-21-10-11-22-26)23-24-19(27)25-12-9-14-3-1-2-4-17(14)25/h1-8,10-11H,9,12-13H2. The van der Waals surface area contributed by atoms with Gasteiger partial charge in [0.15, 0.2) is 5.82 Å². The Labute approximate surface area is 160 Å². The molecular weight excluding hydrogens is 362 g/mol. The van der Waals surface area contributed by atoms with Gasteiger partial charge in [-0.1, -0.05) is 29.8 Å². The van der Waals surface area contributed by atoms with Crippen molar-refractivity contribution in [2.75, 3.05) is 11.4 Å².